The highest BCUT2D eigenvalue weighted by molar-refractivity contribution is 9.10. The zero-order valence-electron chi connectivity index (χ0n) is 18.7. The van der Waals surface area contributed by atoms with Gasteiger partial charge in [0, 0.05) is 28.6 Å². The van der Waals surface area contributed by atoms with Crippen molar-refractivity contribution < 1.29 is 24.2 Å². The Bertz CT molecular complexity index is 1150. The Labute approximate surface area is 231 Å². The predicted octanol–water partition coefficient (Wildman–Crippen LogP) is 7.19. The van der Waals surface area contributed by atoms with Crippen LogP contribution in [0.25, 0.3) is 6.08 Å². The third-order valence-electron chi connectivity index (χ3n) is 5.12. The first kappa shape index (κ1) is 27.8. The number of rotatable bonds is 11. The summed E-state index contributed by atoms with van der Waals surface area (Å²) in [6.45, 7) is 0.615. The zero-order chi connectivity index (χ0) is 25.5. The number of ether oxygens (including phenoxy) is 2. The molecule has 3 rings (SSSR count). The van der Waals surface area contributed by atoms with Crippen LogP contribution >= 0.6 is 63.1 Å². The van der Waals surface area contributed by atoms with Gasteiger partial charge in [0.25, 0.3) is 5.91 Å². The molecule has 1 aliphatic rings. The van der Waals surface area contributed by atoms with Crippen LogP contribution in [-0.4, -0.2) is 39.9 Å². The van der Waals surface area contributed by atoms with Crippen LogP contribution in [0.4, 0.5) is 0 Å². The zero-order valence-corrected chi connectivity index (χ0v) is 23.4. The average Bonchev–Trinajstić information content (AvgIpc) is 3.06. The topological polar surface area (TPSA) is 76.1 Å². The molecule has 0 atom stereocenters. The second kappa shape index (κ2) is 13.0. The van der Waals surface area contributed by atoms with Crippen molar-refractivity contribution in [3.8, 4) is 11.5 Å². The molecule has 0 bridgehead atoms. The van der Waals surface area contributed by atoms with Crippen molar-refractivity contribution in [1.82, 2.24) is 4.90 Å². The van der Waals surface area contributed by atoms with E-state index in [1.54, 1.807) is 35.2 Å². The minimum absolute atomic E-state index is 0.125. The summed E-state index contributed by atoms with van der Waals surface area (Å²) in [6, 6.07) is 8.85. The highest BCUT2D eigenvalue weighted by Gasteiger charge is 2.31. The monoisotopic (exact) mass is 617 g/mol. The van der Waals surface area contributed by atoms with Crippen LogP contribution in [-0.2, 0) is 16.2 Å². The van der Waals surface area contributed by atoms with Crippen molar-refractivity contribution in [3.05, 3.63) is 60.9 Å². The summed E-state index contributed by atoms with van der Waals surface area (Å²) in [5, 5.41) is 9.75. The first-order chi connectivity index (χ1) is 16.7. The molecule has 186 valence electrons. The first-order valence-electron chi connectivity index (χ1n) is 10.6. The van der Waals surface area contributed by atoms with Crippen molar-refractivity contribution in [2.75, 3.05) is 13.7 Å². The number of halogens is 3. The van der Waals surface area contributed by atoms with Gasteiger partial charge in [-0.2, -0.15) is 0 Å². The molecular formula is C24H22BrCl2NO5S2. The minimum Gasteiger partial charge on any atom is -0.493 e. The van der Waals surface area contributed by atoms with E-state index >= 15 is 0 Å². The lowest BCUT2D eigenvalue weighted by atomic mass is 10.1. The van der Waals surface area contributed by atoms with Crippen LogP contribution in [0, 0.1) is 0 Å². The van der Waals surface area contributed by atoms with Crippen molar-refractivity contribution in [1.29, 1.82) is 0 Å². The Morgan fingerprint density at radius 1 is 1.23 bits per heavy atom. The summed E-state index contributed by atoms with van der Waals surface area (Å²) < 4.78 is 12.6. The number of carbonyl (C=O) groups is 2. The van der Waals surface area contributed by atoms with Crippen LogP contribution in [0.2, 0.25) is 10.0 Å². The van der Waals surface area contributed by atoms with Gasteiger partial charge in [0.2, 0.25) is 0 Å². The number of carbonyl (C=O) groups excluding carboxylic acids is 1. The van der Waals surface area contributed by atoms with Gasteiger partial charge in [-0.05, 0) is 64.7 Å². The highest BCUT2D eigenvalue weighted by atomic mass is 79.9. The van der Waals surface area contributed by atoms with E-state index in [9.17, 15) is 9.59 Å². The van der Waals surface area contributed by atoms with E-state index in [1.807, 2.05) is 6.07 Å². The summed E-state index contributed by atoms with van der Waals surface area (Å²) in [5.74, 6) is -0.0246. The number of thioether (sulfide) groups is 1. The molecule has 1 amide bonds. The fourth-order valence-corrected chi connectivity index (χ4v) is 5.73. The summed E-state index contributed by atoms with van der Waals surface area (Å²) >= 11 is 22.6. The maximum absolute atomic E-state index is 12.9. The standard InChI is InChI=1S/C24H22BrCl2NO5S2/c1-32-19-11-14(10-16(25)22(19)33-13-15-17(26)6-5-7-18(15)27)12-20-23(31)28(24(34)35-20)9-4-2-3-8-21(29)30/h5-7,10-12H,2-4,8-9,13H2,1H3,(H,29,30)/b20-12-. The quantitative estimate of drug-likeness (QED) is 0.162. The van der Waals surface area contributed by atoms with Crippen molar-refractivity contribution >= 4 is 85.4 Å². The number of amides is 1. The van der Waals surface area contributed by atoms with Gasteiger partial charge in [0.1, 0.15) is 10.9 Å². The molecule has 0 unspecified atom stereocenters. The molecule has 11 heteroatoms. The molecule has 1 fully saturated rings. The number of carboxylic acids is 1. The van der Waals surface area contributed by atoms with E-state index in [-0.39, 0.29) is 18.9 Å². The Hall–Kier alpha value is -1.78. The van der Waals surface area contributed by atoms with E-state index in [0.29, 0.717) is 66.6 Å². The Morgan fingerprint density at radius 3 is 2.60 bits per heavy atom. The number of methoxy groups -OCH3 is 1. The lowest BCUT2D eigenvalue weighted by molar-refractivity contribution is -0.137. The van der Waals surface area contributed by atoms with Crippen molar-refractivity contribution in [2.45, 2.75) is 32.3 Å². The van der Waals surface area contributed by atoms with Crippen LogP contribution in [0.3, 0.4) is 0 Å². The SMILES string of the molecule is COc1cc(/C=C2\SC(=S)N(CCCCCC(=O)O)C2=O)cc(Br)c1OCc1c(Cl)cccc1Cl. The number of thiocarbonyl (C=S) groups is 1. The third-order valence-corrected chi connectivity index (χ3v) is 7.79. The molecular weight excluding hydrogens is 597 g/mol. The van der Waals surface area contributed by atoms with Gasteiger partial charge in [0.15, 0.2) is 11.5 Å². The van der Waals surface area contributed by atoms with Crippen molar-refractivity contribution in [3.63, 3.8) is 0 Å². The lowest BCUT2D eigenvalue weighted by Crippen LogP contribution is -2.29. The largest absolute Gasteiger partial charge is 0.493 e. The van der Waals surface area contributed by atoms with E-state index in [2.05, 4.69) is 15.9 Å². The number of hydrogen-bond donors (Lipinski definition) is 1. The molecule has 6 nitrogen and oxygen atoms in total. The normalized spacial score (nSPS) is 14.6. The van der Waals surface area contributed by atoms with E-state index in [1.165, 1.54) is 18.9 Å². The van der Waals surface area contributed by atoms with Crippen molar-refractivity contribution in [2.24, 2.45) is 0 Å². The molecule has 35 heavy (non-hydrogen) atoms. The van der Waals surface area contributed by atoms with E-state index < -0.39 is 5.97 Å². The van der Waals surface area contributed by atoms with E-state index in [0.717, 1.165) is 5.56 Å². The number of benzene rings is 2. The smallest absolute Gasteiger partial charge is 0.303 e. The van der Waals surface area contributed by atoms with Gasteiger partial charge in [-0.1, -0.05) is 59.7 Å². The van der Waals surface area contributed by atoms with Crippen LogP contribution in [0.15, 0.2) is 39.7 Å². The van der Waals surface area contributed by atoms with Gasteiger partial charge < -0.3 is 14.6 Å². The summed E-state index contributed by atoms with van der Waals surface area (Å²) in [4.78, 5) is 25.6. The molecule has 0 aliphatic carbocycles. The van der Waals surface area contributed by atoms with E-state index in [4.69, 9.17) is 50.0 Å². The van der Waals surface area contributed by atoms with Gasteiger partial charge in [0.05, 0.1) is 16.5 Å². The fraction of sp³-hybridized carbons (Fsp3) is 0.292. The number of aliphatic carboxylic acids is 1. The molecule has 1 aliphatic heterocycles. The van der Waals surface area contributed by atoms with Crippen LogP contribution in [0.1, 0.15) is 36.8 Å². The molecule has 0 radical (unpaired) electrons. The summed E-state index contributed by atoms with van der Waals surface area (Å²) in [6.07, 6.45) is 3.86. The second-order valence-corrected chi connectivity index (χ2v) is 10.9. The van der Waals surface area contributed by atoms with Gasteiger partial charge in [-0.25, -0.2) is 0 Å². The molecule has 0 spiro atoms. The molecule has 1 heterocycles. The van der Waals surface area contributed by atoms with Gasteiger partial charge >= 0.3 is 5.97 Å². The summed E-state index contributed by atoms with van der Waals surface area (Å²) in [5.41, 5.74) is 1.40. The maximum Gasteiger partial charge on any atom is 0.303 e. The third kappa shape index (κ3) is 7.36. The lowest BCUT2D eigenvalue weighted by Gasteiger charge is -2.15. The van der Waals surface area contributed by atoms with Crippen LogP contribution in [0.5, 0.6) is 11.5 Å². The molecule has 2 aromatic rings. The predicted molar refractivity (Wildman–Crippen MR) is 147 cm³/mol. The number of hydrogen-bond acceptors (Lipinski definition) is 6. The Kier molecular flexibility index (Phi) is 10.3. The molecule has 2 aromatic carbocycles. The Morgan fingerprint density at radius 2 is 1.94 bits per heavy atom. The molecule has 0 saturated carbocycles. The average molecular weight is 619 g/mol. The first-order valence-corrected chi connectivity index (χ1v) is 13.4. The Balaban J connectivity index is 1.71. The number of unbranched alkanes of at least 4 members (excludes halogenated alkanes) is 2. The maximum atomic E-state index is 12.9. The summed E-state index contributed by atoms with van der Waals surface area (Å²) in [7, 11) is 1.53. The second-order valence-electron chi connectivity index (χ2n) is 7.56. The highest BCUT2D eigenvalue weighted by Crippen LogP contribution is 2.40. The van der Waals surface area contributed by atoms with Gasteiger partial charge in [-0.3, -0.25) is 14.5 Å². The minimum atomic E-state index is -0.816. The fourth-order valence-electron chi connectivity index (χ4n) is 3.34. The van der Waals surface area contributed by atoms with Gasteiger partial charge in [-0.15, -0.1) is 0 Å². The molecule has 1 saturated heterocycles. The molecule has 0 aromatic heterocycles. The number of carboxylic acid groups (broad SMARTS) is 1. The number of nitrogens with zero attached hydrogens (tertiary/aromatic N) is 1. The van der Waals surface area contributed by atoms with Crippen LogP contribution < -0.4 is 9.47 Å². The molecule has 1 N–H and O–H groups in total.